The molecule has 0 saturated heterocycles. The van der Waals surface area contributed by atoms with Crippen LogP contribution in [0.1, 0.15) is 25.7 Å². The van der Waals surface area contributed by atoms with Gasteiger partial charge in [-0.25, -0.2) is 9.67 Å². The molecule has 0 aliphatic heterocycles. The summed E-state index contributed by atoms with van der Waals surface area (Å²) in [6.45, 7) is 0. The molecule has 2 N–H and O–H groups in total. The van der Waals surface area contributed by atoms with Crippen molar-refractivity contribution in [3.63, 3.8) is 0 Å². The Balaban J connectivity index is 1.64. The van der Waals surface area contributed by atoms with Crippen molar-refractivity contribution in [2.24, 2.45) is 5.92 Å². The van der Waals surface area contributed by atoms with Crippen molar-refractivity contribution < 1.29 is 9.90 Å². The molecular weight excluding hydrogens is 270 g/mol. The van der Waals surface area contributed by atoms with Crippen LogP contribution >= 0.6 is 0 Å². The van der Waals surface area contributed by atoms with E-state index in [-0.39, 0.29) is 12.0 Å². The van der Waals surface area contributed by atoms with Gasteiger partial charge in [-0.2, -0.15) is 5.10 Å². The summed E-state index contributed by atoms with van der Waals surface area (Å²) in [6, 6.07) is 2.08. The first-order valence-corrected chi connectivity index (χ1v) is 7.04. The molecule has 1 saturated carbocycles. The van der Waals surface area contributed by atoms with Gasteiger partial charge in [0, 0.05) is 18.4 Å². The lowest BCUT2D eigenvalue weighted by Crippen LogP contribution is -2.29. The Hall–Kier alpha value is -2.44. The van der Waals surface area contributed by atoms with Crippen LogP contribution in [0.5, 0.6) is 0 Å². The SMILES string of the molecule is O=C(O)C1CCC(Nc2cncc(-n3cccn3)n2)CC1. The molecule has 1 aliphatic rings. The van der Waals surface area contributed by atoms with Gasteiger partial charge in [-0.1, -0.05) is 0 Å². The molecule has 110 valence electrons. The maximum absolute atomic E-state index is 10.9. The van der Waals surface area contributed by atoms with Crippen molar-refractivity contribution in [2.45, 2.75) is 31.7 Å². The average molecular weight is 287 g/mol. The van der Waals surface area contributed by atoms with E-state index in [1.165, 1.54) is 0 Å². The number of carboxylic acid groups (broad SMARTS) is 1. The summed E-state index contributed by atoms with van der Waals surface area (Å²) in [7, 11) is 0. The third-order valence-corrected chi connectivity index (χ3v) is 3.79. The van der Waals surface area contributed by atoms with Gasteiger partial charge in [-0.3, -0.25) is 9.78 Å². The summed E-state index contributed by atoms with van der Waals surface area (Å²) < 4.78 is 1.65. The van der Waals surface area contributed by atoms with Crippen molar-refractivity contribution in [3.05, 3.63) is 30.9 Å². The number of carbonyl (C=O) groups is 1. The molecule has 0 radical (unpaired) electrons. The highest BCUT2D eigenvalue weighted by Crippen LogP contribution is 2.26. The molecule has 1 fully saturated rings. The molecule has 2 aromatic rings. The average Bonchev–Trinajstić information content (AvgIpc) is 3.02. The number of nitrogens with one attached hydrogen (secondary N) is 1. The van der Waals surface area contributed by atoms with Gasteiger partial charge in [0.25, 0.3) is 0 Å². The molecule has 3 rings (SSSR count). The molecule has 0 unspecified atom stereocenters. The molecule has 0 bridgehead atoms. The Morgan fingerprint density at radius 2 is 2.10 bits per heavy atom. The van der Waals surface area contributed by atoms with E-state index < -0.39 is 5.97 Å². The molecule has 2 heterocycles. The van der Waals surface area contributed by atoms with Crippen LogP contribution in [-0.4, -0.2) is 36.9 Å². The van der Waals surface area contributed by atoms with Gasteiger partial charge in [0.2, 0.25) is 0 Å². The van der Waals surface area contributed by atoms with Crippen LogP contribution in [0.4, 0.5) is 5.82 Å². The molecule has 21 heavy (non-hydrogen) atoms. The Bertz CT molecular complexity index is 606. The van der Waals surface area contributed by atoms with Crippen LogP contribution < -0.4 is 5.32 Å². The van der Waals surface area contributed by atoms with Gasteiger partial charge in [0.05, 0.1) is 18.3 Å². The van der Waals surface area contributed by atoms with E-state index in [1.54, 1.807) is 23.3 Å². The van der Waals surface area contributed by atoms with Crippen LogP contribution in [0.25, 0.3) is 5.82 Å². The number of anilines is 1. The minimum absolute atomic E-state index is 0.204. The zero-order chi connectivity index (χ0) is 14.7. The highest BCUT2D eigenvalue weighted by molar-refractivity contribution is 5.70. The largest absolute Gasteiger partial charge is 0.481 e. The Morgan fingerprint density at radius 1 is 1.29 bits per heavy atom. The van der Waals surface area contributed by atoms with E-state index in [0.29, 0.717) is 24.5 Å². The molecular formula is C14H17N5O2. The van der Waals surface area contributed by atoms with Crippen LogP contribution in [0.15, 0.2) is 30.9 Å². The maximum atomic E-state index is 10.9. The van der Waals surface area contributed by atoms with Crippen LogP contribution in [0, 0.1) is 5.92 Å². The summed E-state index contributed by atoms with van der Waals surface area (Å²) in [4.78, 5) is 19.6. The number of rotatable bonds is 4. The van der Waals surface area contributed by atoms with Gasteiger partial charge in [-0.05, 0) is 31.7 Å². The fourth-order valence-corrected chi connectivity index (χ4v) is 2.63. The quantitative estimate of drug-likeness (QED) is 0.889. The molecule has 7 nitrogen and oxygen atoms in total. The fourth-order valence-electron chi connectivity index (χ4n) is 2.63. The Morgan fingerprint density at radius 3 is 2.76 bits per heavy atom. The molecule has 0 aromatic carbocycles. The minimum atomic E-state index is -0.686. The second-order valence-electron chi connectivity index (χ2n) is 5.24. The number of nitrogens with zero attached hydrogens (tertiary/aromatic N) is 4. The number of carboxylic acids is 1. The number of hydrogen-bond donors (Lipinski definition) is 2. The highest BCUT2D eigenvalue weighted by atomic mass is 16.4. The van der Waals surface area contributed by atoms with Gasteiger partial charge < -0.3 is 10.4 Å². The lowest BCUT2D eigenvalue weighted by atomic mass is 9.86. The molecule has 7 heteroatoms. The second kappa shape index (κ2) is 5.90. The summed E-state index contributed by atoms with van der Waals surface area (Å²) in [5.41, 5.74) is 0. The topological polar surface area (TPSA) is 92.9 Å². The molecule has 0 spiro atoms. The van der Waals surface area contributed by atoms with Crippen molar-refractivity contribution >= 4 is 11.8 Å². The van der Waals surface area contributed by atoms with Crippen molar-refractivity contribution in [1.29, 1.82) is 0 Å². The van der Waals surface area contributed by atoms with Crippen molar-refractivity contribution in [2.75, 3.05) is 5.32 Å². The predicted molar refractivity (Wildman–Crippen MR) is 76.2 cm³/mol. The zero-order valence-corrected chi connectivity index (χ0v) is 11.5. The first-order chi connectivity index (χ1) is 10.2. The minimum Gasteiger partial charge on any atom is -0.481 e. The molecule has 0 atom stereocenters. The van der Waals surface area contributed by atoms with E-state index in [4.69, 9.17) is 5.11 Å². The lowest BCUT2D eigenvalue weighted by molar-refractivity contribution is -0.142. The standard InChI is InChI=1S/C14H17N5O2/c20-14(21)10-2-4-11(5-3-10)17-12-8-15-9-13(18-12)19-7-1-6-16-19/h1,6-11H,2-5H2,(H,17,18)(H,20,21). The summed E-state index contributed by atoms with van der Waals surface area (Å²) in [5.74, 6) is 0.462. The zero-order valence-electron chi connectivity index (χ0n) is 11.5. The molecule has 1 aliphatic carbocycles. The van der Waals surface area contributed by atoms with Gasteiger partial charge in [0.1, 0.15) is 5.82 Å². The van der Waals surface area contributed by atoms with Crippen LogP contribution in [-0.2, 0) is 4.79 Å². The van der Waals surface area contributed by atoms with E-state index in [0.717, 1.165) is 12.8 Å². The van der Waals surface area contributed by atoms with E-state index in [1.807, 2.05) is 12.3 Å². The lowest BCUT2D eigenvalue weighted by Gasteiger charge is -2.27. The fraction of sp³-hybridized carbons (Fsp3) is 0.429. The van der Waals surface area contributed by atoms with Gasteiger partial charge >= 0.3 is 5.97 Å². The Kier molecular flexibility index (Phi) is 3.81. The summed E-state index contributed by atoms with van der Waals surface area (Å²) in [5, 5.41) is 16.5. The van der Waals surface area contributed by atoms with E-state index in [9.17, 15) is 4.79 Å². The van der Waals surface area contributed by atoms with E-state index >= 15 is 0 Å². The molecule has 2 aromatic heterocycles. The number of aliphatic carboxylic acids is 1. The summed E-state index contributed by atoms with van der Waals surface area (Å²) in [6.07, 6.45) is 9.92. The van der Waals surface area contributed by atoms with Gasteiger partial charge in [0.15, 0.2) is 5.82 Å². The van der Waals surface area contributed by atoms with Crippen LogP contribution in [0.2, 0.25) is 0 Å². The first kappa shape index (κ1) is 13.5. The van der Waals surface area contributed by atoms with Crippen molar-refractivity contribution in [3.8, 4) is 5.82 Å². The molecule has 0 amide bonds. The number of hydrogen-bond acceptors (Lipinski definition) is 5. The van der Waals surface area contributed by atoms with Gasteiger partial charge in [-0.15, -0.1) is 0 Å². The normalized spacial score (nSPS) is 21.9. The predicted octanol–water partition coefficient (Wildman–Crippen LogP) is 1.72. The number of aromatic nitrogens is 4. The third-order valence-electron chi connectivity index (χ3n) is 3.79. The second-order valence-corrected chi connectivity index (χ2v) is 5.24. The monoisotopic (exact) mass is 287 g/mol. The van der Waals surface area contributed by atoms with Crippen LogP contribution in [0.3, 0.4) is 0 Å². The third kappa shape index (κ3) is 3.18. The smallest absolute Gasteiger partial charge is 0.306 e. The first-order valence-electron chi connectivity index (χ1n) is 7.04. The van der Waals surface area contributed by atoms with Crippen molar-refractivity contribution in [1.82, 2.24) is 19.7 Å². The summed E-state index contributed by atoms with van der Waals surface area (Å²) >= 11 is 0. The highest BCUT2D eigenvalue weighted by Gasteiger charge is 2.25. The Labute approximate surface area is 122 Å². The van der Waals surface area contributed by atoms with E-state index in [2.05, 4.69) is 20.4 Å². The maximum Gasteiger partial charge on any atom is 0.306 e.